The molecule has 0 aromatic carbocycles. The van der Waals surface area contributed by atoms with Gasteiger partial charge in [-0.25, -0.2) is 15.0 Å². The Morgan fingerprint density at radius 3 is 2.70 bits per heavy atom. The Morgan fingerprint density at radius 1 is 1.25 bits per heavy atom. The highest BCUT2D eigenvalue weighted by atomic mass is 79.9. The molecule has 108 valence electrons. The lowest BCUT2D eigenvalue weighted by Crippen LogP contribution is -2.16. The molecule has 1 aliphatic rings. The number of nitrogens with two attached hydrogens (primary N) is 1. The molecule has 0 amide bonds. The highest BCUT2D eigenvalue weighted by molar-refractivity contribution is 9.08. The molecule has 2 aromatic rings. The summed E-state index contributed by atoms with van der Waals surface area (Å²) < 4.78 is 0. The van der Waals surface area contributed by atoms with E-state index >= 15 is 0 Å². The van der Waals surface area contributed by atoms with Gasteiger partial charge in [0.25, 0.3) is 0 Å². The Balaban J connectivity index is 1.94. The number of hydrogen-bond donors (Lipinski definition) is 2. The van der Waals surface area contributed by atoms with Crippen molar-refractivity contribution < 1.29 is 0 Å². The van der Waals surface area contributed by atoms with E-state index in [4.69, 9.17) is 5.73 Å². The number of anilines is 1. The van der Waals surface area contributed by atoms with Gasteiger partial charge in [0.15, 0.2) is 11.5 Å². The van der Waals surface area contributed by atoms with Crippen LogP contribution in [0, 0.1) is 5.92 Å². The average molecular weight is 338 g/mol. The van der Waals surface area contributed by atoms with E-state index in [1.807, 2.05) is 0 Å². The molecule has 6 heteroatoms. The molecule has 0 bridgehead atoms. The van der Waals surface area contributed by atoms with Gasteiger partial charge in [-0.2, -0.15) is 0 Å². The molecule has 20 heavy (non-hydrogen) atoms. The van der Waals surface area contributed by atoms with E-state index in [-0.39, 0.29) is 0 Å². The van der Waals surface area contributed by atoms with Crippen LogP contribution in [0.5, 0.6) is 0 Å². The Morgan fingerprint density at radius 2 is 2.00 bits per heavy atom. The number of aromatic nitrogens is 4. The zero-order valence-electron chi connectivity index (χ0n) is 11.7. The van der Waals surface area contributed by atoms with Gasteiger partial charge in [0.2, 0.25) is 0 Å². The number of H-pyrrole nitrogens is 1. The summed E-state index contributed by atoms with van der Waals surface area (Å²) >= 11 is 3.39. The molecule has 1 saturated carbocycles. The molecule has 3 rings (SSSR count). The van der Waals surface area contributed by atoms with Gasteiger partial charge in [0.05, 0.1) is 5.33 Å². The van der Waals surface area contributed by atoms with Crippen LogP contribution in [-0.4, -0.2) is 19.9 Å². The number of nitrogens with one attached hydrogen (secondary N) is 1. The normalized spacial score (nSPS) is 18.5. The second kappa shape index (κ2) is 5.68. The lowest BCUT2D eigenvalue weighted by molar-refractivity contribution is 0.309. The summed E-state index contributed by atoms with van der Waals surface area (Å²) in [5.41, 5.74) is 7.49. The van der Waals surface area contributed by atoms with Crippen molar-refractivity contribution >= 4 is 32.9 Å². The summed E-state index contributed by atoms with van der Waals surface area (Å²) in [5.74, 6) is 3.21. The Labute approximate surface area is 126 Å². The molecule has 1 aliphatic carbocycles. The fourth-order valence-electron chi connectivity index (χ4n) is 3.10. The second-order valence-corrected chi connectivity index (χ2v) is 6.23. The van der Waals surface area contributed by atoms with Crippen molar-refractivity contribution in [2.75, 3.05) is 5.73 Å². The Kier molecular flexibility index (Phi) is 3.92. The number of rotatable bonds is 3. The third kappa shape index (κ3) is 2.53. The van der Waals surface area contributed by atoms with E-state index in [1.54, 1.807) is 0 Å². The number of aromatic amines is 1. The van der Waals surface area contributed by atoms with Gasteiger partial charge in [-0.15, -0.1) is 0 Å². The number of nitrogen functional groups attached to an aromatic ring is 1. The fraction of sp³-hybridized carbons (Fsp3) is 0.643. The van der Waals surface area contributed by atoms with Crippen molar-refractivity contribution in [3.63, 3.8) is 0 Å². The third-order valence-electron chi connectivity index (χ3n) is 4.34. The molecule has 0 saturated heterocycles. The molecule has 1 atom stereocenters. The first-order chi connectivity index (χ1) is 9.69. The lowest BCUT2D eigenvalue weighted by atomic mass is 9.80. The summed E-state index contributed by atoms with van der Waals surface area (Å²) in [7, 11) is 0. The monoisotopic (exact) mass is 337 g/mol. The minimum atomic E-state index is 0.353. The number of hydrogen-bond acceptors (Lipinski definition) is 4. The molecule has 0 spiro atoms. The lowest BCUT2D eigenvalue weighted by Gasteiger charge is -2.26. The van der Waals surface area contributed by atoms with E-state index < -0.39 is 0 Å². The predicted molar refractivity (Wildman–Crippen MR) is 83.7 cm³/mol. The molecule has 0 radical (unpaired) electrons. The number of halogens is 1. The van der Waals surface area contributed by atoms with Crippen molar-refractivity contribution in [2.24, 2.45) is 5.92 Å². The van der Waals surface area contributed by atoms with E-state index in [0.29, 0.717) is 28.6 Å². The molecule has 2 heterocycles. The van der Waals surface area contributed by atoms with E-state index in [0.717, 1.165) is 17.2 Å². The highest BCUT2D eigenvalue weighted by Crippen LogP contribution is 2.35. The SMILES string of the molecule is CC(c1nc(N)c2[nH]c(CBr)nc2n1)C1CCCCC1. The minimum Gasteiger partial charge on any atom is -0.382 e. The topological polar surface area (TPSA) is 80.5 Å². The van der Waals surface area contributed by atoms with Crippen molar-refractivity contribution in [2.45, 2.75) is 50.3 Å². The van der Waals surface area contributed by atoms with Crippen LogP contribution in [0.1, 0.15) is 56.6 Å². The number of nitrogens with zero attached hydrogens (tertiary/aromatic N) is 3. The molecular weight excluding hydrogens is 318 g/mol. The molecule has 3 N–H and O–H groups in total. The van der Waals surface area contributed by atoms with Crippen LogP contribution in [-0.2, 0) is 5.33 Å². The maximum absolute atomic E-state index is 6.05. The van der Waals surface area contributed by atoms with Crippen LogP contribution in [0.2, 0.25) is 0 Å². The summed E-state index contributed by atoms with van der Waals surface area (Å²) in [6.07, 6.45) is 6.55. The number of imidazole rings is 1. The van der Waals surface area contributed by atoms with Crippen LogP contribution < -0.4 is 5.73 Å². The average Bonchev–Trinajstić information content (AvgIpc) is 2.91. The molecule has 5 nitrogen and oxygen atoms in total. The third-order valence-corrected chi connectivity index (χ3v) is 4.87. The standard InChI is InChI=1S/C14H20BrN5/c1-8(9-5-3-2-4-6-9)13-19-12(16)11-14(20-13)18-10(7-15)17-11/h8-9H,2-7H2,1H3,(H3,16,17,18,19,20). The van der Waals surface area contributed by atoms with Crippen LogP contribution in [0.4, 0.5) is 5.82 Å². The maximum atomic E-state index is 6.05. The minimum absolute atomic E-state index is 0.353. The second-order valence-electron chi connectivity index (χ2n) is 5.67. The van der Waals surface area contributed by atoms with Crippen LogP contribution in [0.15, 0.2) is 0 Å². The molecule has 1 fully saturated rings. The Bertz CT molecular complexity index is 603. The van der Waals surface area contributed by atoms with Crippen LogP contribution >= 0.6 is 15.9 Å². The van der Waals surface area contributed by atoms with E-state index in [9.17, 15) is 0 Å². The summed E-state index contributed by atoms with van der Waals surface area (Å²) in [5, 5.41) is 0.663. The van der Waals surface area contributed by atoms with E-state index in [1.165, 1.54) is 32.1 Å². The van der Waals surface area contributed by atoms with Gasteiger partial charge in [-0.1, -0.05) is 42.1 Å². The summed E-state index contributed by atoms with van der Waals surface area (Å²) in [6.45, 7) is 2.22. The van der Waals surface area contributed by atoms with Crippen molar-refractivity contribution in [3.05, 3.63) is 11.6 Å². The molecule has 2 aromatic heterocycles. The van der Waals surface area contributed by atoms with Crippen LogP contribution in [0.3, 0.4) is 0 Å². The van der Waals surface area contributed by atoms with Crippen molar-refractivity contribution in [1.29, 1.82) is 0 Å². The smallest absolute Gasteiger partial charge is 0.183 e. The molecule has 1 unspecified atom stereocenters. The zero-order chi connectivity index (χ0) is 14.1. The zero-order valence-corrected chi connectivity index (χ0v) is 13.3. The van der Waals surface area contributed by atoms with Crippen molar-refractivity contribution in [3.8, 4) is 0 Å². The van der Waals surface area contributed by atoms with E-state index in [2.05, 4.69) is 42.8 Å². The van der Waals surface area contributed by atoms with Gasteiger partial charge in [0.1, 0.15) is 17.2 Å². The molecular formula is C14H20BrN5. The van der Waals surface area contributed by atoms with Gasteiger partial charge >= 0.3 is 0 Å². The van der Waals surface area contributed by atoms with Crippen molar-refractivity contribution in [1.82, 2.24) is 19.9 Å². The number of alkyl halides is 1. The van der Waals surface area contributed by atoms with Gasteiger partial charge in [0, 0.05) is 5.92 Å². The highest BCUT2D eigenvalue weighted by Gasteiger charge is 2.24. The quantitative estimate of drug-likeness (QED) is 0.839. The Hall–Kier alpha value is -1.17. The predicted octanol–water partition coefficient (Wildman–Crippen LogP) is 3.51. The summed E-state index contributed by atoms with van der Waals surface area (Å²) in [6, 6.07) is 0. The number of fused-ring (bicyclic) bond motifs is 1. The molecule has 0 aliphatic heterocycles. The largest absolute Gasteiger partial charge is 0.382 e. The fourth-order valence-corrected chi connectivity index (χ4v) is 3.36. The van der Waals surface area contributed by atoms with Gasteiger partial charge in [-0.05, 0) is 18.8 Å². The summed E-state index contributed by atoms with van der Waals surface area (Å²) in [4.78, 5) is 16.7. The van der Waals surface area contributed by atoms with Crippen LogP contribution in [0.25, 0.3) is 11.2 Å². The first kappa shape index (κ1) is 13.8. The van der Waals surface area contributed by atoms with Gasteiger partial charge in [-0.3, -0.25) is 0 Å². The first-order valence-electron chi connectivity index (χ1n) is 7.27. The van der Waals surface area contributed by atoms with Gasteiger partial charge < -0.3 is 10.7 Å². The first-order valence-corrected chi connectivity index (χ1v) is 8.39. The maximum Gasteiger partial charge on any atom is 0.183 e.